The Labute approximate surface area is 70.6 Å². The molecular weight excluding hydrogens is 154 g/mol. The first kappa shape index (κ1) is 10.7. The lowest BCUT2D eigenvalue weighted by Gasteiger charge is -2.08. The normalized spacial score (nSPS) is 15.5. The molecule has 0 aromatic heterocycles. The predicted molar refractivity (Wildman–Crippen MR) is 47.1 cm³/mol. The van der Waals surface area contributed by atoms with Crippen molar-refractivity contribution >= 4 is 9.04 Å². The molecule has 0 rings (SSSR count). The summed E-state index contributed by atoms with van der Waals surface area (Å²) < 4.78 is 0. The molecule has 2 atom stereocenters. The van der Waals surface area contributed by atoms with E-state index in [0.29, 0.717) is 12.3 Å². The van der Waals surface area contributed by atoms with Crippen LogP contribution >= 0.6 is 0 Å². The van der Waals surface area contributed by atoms with E-state index in [9.17, 15) is 4.80 Å². The average Bonchev–Trinajstić information content (AvgIpc) is 1.86. The van der Waals surface area contributed by atoms with Crippen LogP contribution in [0.5, 0.6) is 0 Å². The van der Waals surface area contributed by atoms with Gasteiger partial charge in [0.25, 0.3) is 0 Å². The van der Waals surface area contributed by atoms with Crippen LogP contribution < -0.4 is 0 Å². The minimum Gasteiger partial charge on any atom is -0.302 e. The zero-order chi connectivity index (χ0) is 8.69. The molecule has 11 heavy (non-hydrogen) atoms. The van der Waals surface area contributed by atoms with Gasteiger partial charge in [-0.05, 0) is 31.4 Å². The summed E-state index contributed by atoms with van der Waals surface area (Å²) in [7, 11) is -1.61. The van der Waals surface area contributed by atoms with Crippen molar-refractivity contribution < 1.29 is 4.80 Å². The highest BCUT2D eigenvalue weighted by atomic mass is 28.3. The Balaban J connectivity index is 3.24. The smallest absolute Gasteiger partial charge is 0.219 e. The van der Waals surface area contributed by atoms with Gasteiger partial charge in [0.2, 0.25) is 9.04 Å². The molecule has 0 aromatic rings. The third-order valence-electron chi connectivity index (χ3n) is 1.72. The molecular formula is C8H16NOSi. The quantitative estimate of drug-likeness (QED) is 0.460. The van der Waals surface area contributed by atoms with E-state index < -0.39 is 9.04 Å². The van der Waals surface area contributed by atoms with Crippen molar-refractivity contribution in [2.24, 2.45) is 5.92 Å². The molecule has 0 fully saturated rings. The van der Waals surface area contributed by atoms with Crippen molar-refractivity contribution in [3.63, 3.8) is 0 Å². The molecule has 0 aliphatic heterocycles. The third kappa shape index (κ3) is 7.56. The van der Waals surface area contributed by atoms with E-state index in [-0.39, 0.29) is 0 Å². The zero-order valence-corrected chi connectivity index (χ0v) is 8.49. The monoisotopic (exact) mass is 170 g/mol. The molecule has 63 valence electrons. The number of rotatable bonds is 5. The molecule has 1 radical (unpaired) electrons. The molecule has 0 aliphatic rings. The summed E-state index contributed by atoms with van der Waals surface area (Å²) in [4.78, 5) is 10.8. The minimum absolute atomic E-state index is 0.544. The maximum Gasteiger partial charge on any atom is 0.219 e. The summed E-state index contributed by atoms with van der Waals surface area (Å²) in [5.74, 6) is 0.544. The lowest BCUT2D eigenvalue weighted by Crippen LogP contribution is -2.08. The van der Waals surface area contributed by atoms with Crippen LogP contribution in [0.1, 0.15) is 26.2 Å². The second-order valence-corrected chi connectivity index (χ2v) is 5.29. The summed E-state index contributed by atoms with van der Waals surface area (Å²) in [6, 6.07) is 2.99. The summed E-state index contributed by atoms with van der Waals surface area (Å²) in [5.41, 5.74) is 0. The number of hydrogen-bond donors (Lipinski definition) is 0. The van der Waals surface area contributed by atoms with Crippen LogP contribution in [-0.4, -0.2) is 9.04 Å². The van der Waals surface area contributed by atoms with Crippen LogP contribution in [-0.2, 0) is 4.80 Å². The minimum atomic E-state index is -1.61. The van der Waals surface area contributed by atoms with Crippen molar-refractivity contribution in [2.45, 2.75) is 38.8 Å². The number of hydrogen-bond acceptors (Lipinski definition) is 1. The Bertz CT molecular complexity index is 131. The Morgan fingerprint density at radius 1 is 1.64 bits per heavy atom. The van der Waals surface area contributed by atoms with Gasteiger partial charge in [0.1, 0.15) is 0 Å². The van der Waals surface area contributed by atoms with Crippen molar-refractivity contribution in [3.05, 3.63) is 0 Å². The summed E-state index contributed by atoms with van der Waals surface area (Å²) >= 11 is 0. The molecule has 0 saturated carbocycles. The van der Waals surface area contributed by atoms with E-state index >= 15 is 0 Å². The van der Waals surface area contributed by atoms with Gasteiger partial charge >= 0.3 is 0 Å². The van der Waals surface area contributed by atoms with Crippen LogP contribution in [0.25, 0.3) is 0 Å². The fourth-order valence-electron chi connectivity index (χ4n) is 1.21. The molecule has 3 heteroatoms. The van der Waals surface area contributed by atoms with Gasteiger partial charge in [-0.1, -0.05) is 6.92 Å². The van der Waals surface area contributed by atoms with Crippen molar-refractivity contribution in [2.75, 3.05) is 0 Å². The average molecular weight is 170 g/mol. The molecule has 0 amide bonds. The van der Waals surface area contributed by atoms with Gasteiger partial charge < -0.3 is 4.80 Å². The van der Waals surface area contributed by atoms with Gasteiger partial charge in [0.15, 0.2) is 0 Å². The highest BCUT2D eigenvalue weighted by Crippen LogP contribution is 2.13. The predicted octanol–water partition coefficient (Wildman–Crippen LogP) is 2.10. The molecule has 0 spiro atoms. The van der Waals surface area contributed by atoms with Gasteiger partial charge in [-0.2, -0.15) is 5.26 Å². The van der Waals surface area contributed by atoms with Crippen LogP contribution in [0.15, 0.2) is 0 Å². The Morgan fingerprint density at radius 3 is 2.73 bits per heavy atom. The number of nitriles is 1. The van der Waals surface area contributed by atoms with Crippen molar-refractivity contribution in [3.8, 4) is 6.07 Å². The Kier molecular flexibility index (Phi) is 6.19. The first-order chi connectivity index (χ1) is 5.16. The fraction of sp³-hybridized carbons (Fsp3) is 0.875. The lowest BCUT2D eigenvalue weighted by molar-refractivity contribution is 0.431. The topological polar surface area (TPSA) is 43.7 Å². The number of unbranched alkanes of at least 4 members (excludes halogenated alkanes) is 1. The Hall–Kier alpha value is -0.333. The van der Waals surface area contributed by atoms with Crippen LogP contribution in [0.2, 0.25) is 12.6 Å². The molecule has 0 heterocycles. The van der Waals surface area contributed by atoms with Crippen molar-refractivity contribution in [1.82, 2.24) is 0 Å². The van der Waals surface area contributed by atoms with Gasteiger partial charge in [-0.15, -0.1) is 0 Å². The van der Waals surface area contributed by atoms with Crippen molar-refractivity contribution in [1.29, 1.82) is 5.26 Å². The maximum atomic E-state index is 10.8. The summed E-state index contributed by atoms with van der Waals surface area (Å²) in [6.45, 7) is 3.94. The zero-order valence-electron chi connectivity index (χ0n) is 7.34. The van der Waals surface area contributed by atoms with Gasteiger partial charge in [0.05, 0.1) is 6.07 Å². The van der Waals surface area contributed by atoms with Gasteiger partial charge in [0, 0.05) is 6.42 Å². The molecule has 0 aromatic carbocycles. The van der Waals surface area contributed by atoms with E-state index in [2.05, 4.69) is 13.0 Å². The Morgan fingerprint density at radius 2 is 2.27 bits per heavy atom. The SMILES string of the molecule is CC(CCCC#N)C[SiH](C)[O]. The molecule has 2 nitrogen and oxygen atoms in total. The maximum absolute atomic E-state index is 10.8. The highest BCUT2D eigenvalue weighted by molar-refractivity contribution is 6.48. The molecule has 0 saturated heterocycles. The van der Waals surface area contributed by atoms with Gasteiger partial charge in [-0.3, -0.25) is 0 Å². The van der Waals surface area contributed by atoms with E-state index in [4.69, 9.17) is 5.26 Å². The standard InChI is InChI=1S/C8H16NOSi/c1-8(7-11(2)10)5-3-4-6-9/h8,11H,3-5,7H2,1-2H3. The summed E-state index contributed by atoms with van der Waals surface area (Å²) in [6.07, 6.45) is 2.64. The van der Waals surface area contributed by atoms with E-state index in [0.717, 1.165) is 18.9 Å². The fourth-order valence-corrected chi connectivity index (χ4v) is 2.58. The first-order valence-electron chi connectivity index (χ1n) is 4.19. The van der Waals surface area contributed by atoms with Gasteiger partial charge in [-0.25, -0.2) is 0 Å². The largest absolute Gasteiger partial charge is 0.302 e. The highest BCUT2D eigenvalue weighted by Gasteiger charge is 2.08. The molecule has 0 N–H and O–H groups in total. The molecule has 0 bridgehead atoms. The van der Waals surface area contributed by atoms with E-state index in [1.165, 1.54) is 0 Å². The number of nitrogens with zero attached hydrogens (tertiary/aromatic N) is 1. The molecule has 2 unspecified atom stereocenters. The third-order valence-corrected chi connectivity index (χ3v) is 3.19. The van der Waals surface area contributed by atoms with E-state index in [1.54, 1.807) is 0 Å². The molecule has 0 aliphatic carbocycles. The van der Waals surface area contributed by atoms with Crippen LogP contribution in [0, 0.1) is 17.2 Å². The van der Waals surface area contributed by atoms with Crippen LogP contribution in [0.3, 0.4) is 0 Å². The first-order valence-corrected chi connectivity index (χ1v) is 6.63. The van der Waals surface area contributed by atoms with E-state index in [1.807, 2.05) is 6.55 Å². The second-order valence-electron chi connectivity index (χ2n) is 3.20. The summed E-state index contributed by atoms with van der Waals surface area (Å²) in [5, 5.41) is 8.26. The second kappa shape index (κ2) is 6.38. The lowest BCUT2D eigenvalue weighted by atomic mass is 10.1. The van der Waals surface area contributed by atoms with Crippen LogP contribution in [0.4, 0.5) is 0 Å².